The summed E-state index contributed by atoms with van der Waals surface area (Å²) in [4.78, 5) is 11.6. The highest BCUT2D eigenvalue weighted by atomic mass is 35.5. The molecule has 0 aliphatic heterocycles. The van der Waals surface area contributed by atoms with E-state index in [-0.39, 0.29) is 11.8 Å². The summed E-state index contributed by atoms with van der Waals surface area (Å²) in [5, 5.41) is 3.66. The van der Waals surface area contributed by atoms with Gasteiger partial charge in [0.2, 0.25) is 5.91 Å². The predicted molar refractivity (Wildman–Crippen MR) is 78.2 cm³/mol. The van der Waals surface area contributed by atoms with Crippen LogP contribution in [0.4, 0.5) is 5.69 Å². The van der Waals surface area contributed by atoms with Crippen LogP contribution in [0.5, 0.6) is 0 Å². The first-order valence-electron chi connectivity index (χ1n) is 6.39. The van der Waals surface area contributed by atoms with Gasteiger partial charge in [-0.15, -0.1) is 0 Å². The number of nitrogens with one attached hydrogen (secondary N) is 1. The molecule has 0 aromatic heterocycles. The molecule has 3 rings (SSSR count). The Kier molecular flexibility index (Phi) is 3.26. The number of benzene rings is 2. The van der Waals surface area contributed by atoms with Crippen molar-refractivity contribution < 1.29 is 4.79 Å². The van der Waals surface area contributed by atoms with Gasteiger partial charge < -0.3 is 5.32 Å². The van der Waals surface area contributed by atoms with E-state index in [0.717, 1.165) is 34.7 Å². The van der Waals surface area contributed by atoms with Gasteiger partial charge in [0, 0.05) is 16.6 Å². The molecule has 0 unspecified atom stereocenters. The number of anilines is 1. The average Bonchev–Trinajstić information content (AvgIpc) is 3.25. The summed E-state index contributed by atoms with van der Waals surface area (Å²) in [5.74, 6) is 0.371. The number of halogens is 1. The van der Waals surface area contributed by atoms with Crippen molar-refractivity contribution >= 4 is 23.2 Å². The second-order valence-corrected chi connectivity index (χ2v) is 5.28. The molecule has 19 heavy (non-hydrogen) atoms. The van der Waals surface area contributed by atoms with Crippen molar-refractivity contribution in [1.29, 1.82) is 0 Å². The van der Waals surface area contributed by atoms with Crippen molar-refractivity contribution in [3.8, 4) is 11.1 Å². The largest absolute Gasteiger partial charge is 0.326 e. The minimum absolute atomic E-state index is 0.138. The van der Waals surface area contributed by atoms with E-state index < -0.39 is 0 Å². The van der Waals surface area contributed by atoms with Gasteiger partial charge in [-0.2, -0.15) is 0 Å². The highest BCUT2D eigenvalue weighted by molar-refractivity contribution is 6.30. The monoisotopic (exact) mass is 271 g/mol. The van der Waals surface area contributed by atoms with Crippen LogP contribution in [-0.2, 0) is 4.79 Å². The Morgan fingerprint density at radius 1 is 0.947 bits per heavy atom. The molecule has 1 fully saturated rings. The van der Waals surface area contributed by atoms with Crippen LogP contribution >= 0.6 is 11.6 Å². The van der Waals surface area contributed by atoms with Crippen LogP contribution in [0.3, 0.4) is 0 Å². The lowest BCUT2D eigenvalue weighted by Crippen LogP contribution is -2.12. The van der Waals surface area contributed by atoms with E-state index in [9.17, 15) is 4.79 Å². The second kappa shape index (κ2) is 5.06. The van der Waals surface area contributed by atoms with E-state index in [4.69, 9.17) is 11.6 Å². The molecule has 2 aromatic carbocycles. The van der Waals surface area contributed by atoms with Crippen LogP contribution in [0, 0.1) is 5.92 Å². The third kappa shape index (κ3) is 2.96. The Labute approximate surface area is 117 Å². The van der Waals surface area contributed by atoms with E-state index in [1.165, 1.54) is 0 Å². The number of hydrogen-bond acceptors (Lipinski definition) is 1. The van der Waals surface area contributed by atoms with E-state index in [1.54, 1.807) is 0 Å². The van der Waals surface area contributed by atoms with Gasteiger partial charge in [0.25, 0.3) is 0 Å². The molecule has 96 valence electrons. The smallest absolute Gasteiger partial charge is 0.227 e. The van der Waals surface area contributed by atoms with E-state index in [1.807, 2.05) is 48.5 Å². The Hall–Kier alpha value is -1.80. The van der Waals surface area contributed by atoms with Gasteiger partial charge in [0.15, 0.2) is 0 Å². The van der Waals surface area contributed by atoms with Crippen molar-refractivity contribution in [2.45, 2.75) is 12.8 Å². The summed E-state index contributed by atoms with van der Waals surface area (Å²) in [7, 11) is 0. The van der Waals surface area contributed by atoms with Crippen molar-refractivity contribution in [3.05, 3.63) is 53.6 Å². The summed E-state index contributed by atoms with van der Waals surface area (Å²) in [5.41, 5.74) is 3.08. The molecule has 0 atom stereocenters. The predicted octanol–water partition coefficient (Wildman–Crippen LogP) is 4.36. The molecule has 0 saturated heterocycles. The normalized spacial score (nSPS) is 14.2. The molecule has 1 aliphatic carbocycles. The molecule has 1 saturated carbocycles. The highest BCUT2D eigenvalue weighted by Crippen LogP contribution is 2.30. The number of carbonyl (C=O) groups is 1. The van der Waals surface area contributed by atoms with Crippen molar-refractivity contribution in [2.24, 2.45) is 5.92 Å². The van der Waals surface area contributed by atoms with Crippen LogP contribution in [0.2, 0.25) is 5.02 Å². The molecule has 1 aliphatic rings. The summed E-state index contributed by atoms with van der Waals surface area (Å²) >= 11 is 5.87. The number of hydrogen-bond donors (Lipinski definition) is 1. The van der Waals surface area contributed by atoms with Crippen LogP contribution in [-0.4, -0.2) is 5.91 Å². The molecular weight excluding hydrogens is 258 g/mol. The van der Waals surface area contributed by atoms with Crippen molar-refractivity contribution in [3.63, 3.8) is 0 Å². The maximum Gasteiger partial charge on any atom is 0.227 e. The molecule has 2 aromatic rings. The number of carbonyl (C=O) groups excluding carboxylic acids is 1. The standard InChI is InChI=1S/C16H14ClNO/c17-14-7-3-11(4-8-14)12-5-9-15(10-6-12)18-16(19)13-1-2-13/h3-10,13H,1-2H2,(H,18,19). The fourth-order valence-corrected chi connectivity index (χ4v) is 2.10. The third-order valence-electron chi connectivity index (χ3n) is 3.28. The van der Waals surface area contributed by atoms with Crippen molar-refractivity contribution in [2.75, 3.05) is 5.32 Å². The minimum atomic E-state index is 0.138. The fourth-order valence-electron chi connectivity index (χ4n) is 1.98. The Balaban J connectivity index is 1.74. The zero-order chi connectivity index (χ0) is 13.2. The topological polar surface area (TPSA) is 29.1 Å². The van der Waals surface area contributed by atoms with Crippen LogP contribution in [0.1, 0.15) is 12.8 Å². The van der Waals surface area contributed by atoms with Gasteiger partial charge in [-0.25, -0.2) is 0 Å². The van der Waals surface area contributed by atoms with Crippen LogP contribution in [0.15, 0.2) is 48.5 Å². The zero-order valence-electron chi connectivity index (χ0n) is 10.4. The Bertz CT molecular complexity index is 585. The summed E-state index contributed by atoms with van der Waals surface area (Å²) in [6.45, 7) is 0. The van der Waals surface area contributed by atoms with Gasteiger partial charge in [0.05, 0.1) is 0 Å². The first kappa shape index (κ1) is 12.2. The molecule has 0 radical (unpaired) electrons. The fraction of sp³-hybridized carbons (Fsp3) is 0.188. The lowest BCUT2D eigenvalue weighted by Gasteiger charge is -2.06. The number of rotatable bonds is 3. The van der Waals surface area contributed by atoms with Gasteiger partial charge in [-0.1, -0.05) is 35.9 Å². The van der Waals surface area contributed by atoms with Gasteiger partial charge in [-0.05, 0) is 48.2 Å². The summed E-state index contributed by atoms with van der Waals surface area (Å²) in [6, 6.07) is 15.6. The maximum absolute atomic E-state index is 11.6. The molecule has 0 heterocycles. The Morgan fingerprint density at radius 2 is 1.47 bits per heavy atom. The summed E-state index contributed by atoms with van der Waals surface area (Å²) in [6.07, 6.45) is 2.05. The molecule has 1 N–H and O–H groups in total. The Morgan fingerprint density at radius 3 is 2.00 bits per heavy atom. The average molecular weight is 272 g/mol. The SMILES string of the molecule is O=C(Nc1ccc(-c2ccc(Cl)cc2)cc1)C1CC1. The minimum Gasteiger partial charge on any atom is -0.326 e. The molecular formula is C16H14ClNO. The molecule has 3 heteroatoms. The second-order valence-electron chi connectivity index (χ2n) is 4.85. The molecule has 2 nitrogen and oxygen atoms in total. The molecule has 0 spiro atoms. The van der Waals surface area contributed by atoms with Gasteiger partial charge in [-0.3, -0.25) is 4.79 Å². The lowest BCUT2D eigenvalue weighted by molar-refractivity contribution is -0.117. The molecule has 1 amide bonds. The quantitative estimate of drug-likeness (QED) is 0.883. The molecule has 0 bridgehead atoms. The number of amides is 1. The van der Waals surface area contributed by atoms with Crippen LogP contribution in [0.25, 0.3) is 11.1 Å². The van der Waals surface area contributed by atoms with Gasteiger partial charge >= 0.3 is 0 Å². The van der Waals surface area contributed by atoms with Crippen molar-refractivity contribution in [1.82, 2.24) is 0 Å². The van der Waals surface area contributed by atoms with E-state index in [0.29, 0.717) is 0 Å². The maximum atomic E-state index is 11.6. The third-order valence-corrected chi connectivity index (χ3v) is 3.53. The highest BCUT2D eigenvalue weighted by Gasteiger charge is 2.29. The first-order chi connectivity index (χ1) is 9.22. The zero-order valence-corrected chi connectivity index (χ0v) is 11.2. The lowest BCUT2D eigenvalue weighted by atomic mass is 10.1. The van der Waals surface area contributed by atoms with E-state index in [2.05, 4.69) is 5.32 Å². The summed E-state index contributed by atoms with van der Waals surface area (Å²) < 4.78 is 0. The first-order valence-corrected chi connectivity index (χ1v) is 6.77. The van der Waals surface area contributed by atoms with Crippen LogP contribution < -0.4 is 5.32 Å². The van der Waals surface area contributed by atoms with Gasteiger partial charge in [0.1, 0.15) is 0 Å². The van der Waals surface area contributed by atoms with E-state index >= 15 is 0 Å².